The summed E-state index contributed by atoms with van der Waals surface area (Å²) >= 11 is 0. The molecule has 1 atom stereocenters. The number of hydrogen-bond donors (Lipinski definition) is 1. The van der Waals surface area contributed by atoms with Gasteiger partial charge in [-0.3, -0.25) is 4.79 Å². The highest BCUT2D eigenvalue weighted by Gasteiger charge is 2.35. The van der Waals surface area contributed by atoms with E-state index >= 15 is 0 Å². The second-order valence-corrected chi connectivity index (χ2v) is 3.85. The van der Waals surface area contributed by atoms with Crippen molar-refractivity contribution in [2.75, 3.05) is 6.54 Å². The number of carbonyl (C=O) groups is 2. The van der Waals surface area contributed by atoms with Gasteiger partial charge in [0.25, 0.3) is 0 Å². The van der Waals surface area contributed by atoms with Gasteiger partial charge in [0.05, 0.1) is 0 Å². The lowest BCUT2D eigenvalue weighted by atomic mass is 10.2. The average molecular weight is 251 g/mol. The number of halogens is 3. The van der Waals surface area contributed by atoms with Gasteiger partial charge in [-0.2, -0.15) is 13.2 Å². The van der Waals surface area contributed by atoms with Gasteiger partial charge in [0.2, 0.25) is 5.91 Å². The molecule has 7 heteroatoms. The number of allylic oxidation sites excluding steroid dienone is 1. The Morgan fingerprint density at radius 2 is 2.00 bits per heavy atom. The maximum absolute atomic E-state index is 12.2. The van der Waals surface area contributed by atoms with Gasteiger partial charge in [-0.25, -0.2) is 4.79 Å². The minimum atomic E-state index is -4.56. The molecule has 1 fully saturated rings. The van der Waals surface area contributed by atoms with Crippen LogP contribution in [0.25, 0.3) is 0 Å². The van der Waals surface area contributed by atoms with Crippen LogP contribution in [0.1, 0.15) is 19.8 Å². The Balaban J connectivity index is 2.81. The Kier molecular flexibility index (Phi) is 3.79. The third-order valence-electron chi connectivity index (χ3n) is 2.61. The number of aliphatic carboxylic acids is 1. The summed E-state index contributed by atoms with van der Waals surface area (Å²) in [5.74, 6) is -2.08. The Bertz CT molecular complexity index is 362. The molecular weight excluding hydrogens is 239 g/mol. The second-order valence-electron chi connectivity index (χ2n) is 3.85. The highest BCUT2D eigenvalue weighted by molar-refractivity contribution is 5.92. The molecule has 0 saturated carbocycles. The van der Waals surface area contributed by atoms with E-state index < -0.39 is 29.7 Å². The maximum Gasteiger partial charge on any atom is 0.412 e. The van der Waals surface area contributed by atoms with Gasteiger partial charge in [-0.1, -0.05) is 0 Å². The Morgan fingerprint density at radius 1 is 1.41 bits per heavy atom. The van der Waals surface area contributed by atoms with E-state index in [1.54, 1.807) is 0 Å². The molecule has 1 aliphatic rings. The van der Waals surface area contributed by atoms with E-state index in [1.165, 1.54) is 0 Å². The number of carbonyl (C=O) groups excluding carboxylic acids is 1. The molecule has 1 amide bonds. The number of hydrogen-bond acceptors (Lipinski definition) is 2. The summed E-state index contributed by atoms with van der Waals surface area (Å²) in [5.41, 5.74) is -1.03. The van der Waals surface area contributed by atoms with Crippen molar-refractivity contribution in [3.05, 3.63) is 11.6 Å². The first-order chi connectivity index (χ1) is 7.73. The van der Waals surface area contributed by atoms with Crippen LogP contribution in [0.4, 0.5) is 13.2 Å². The predicted octanol–water partition coefficient (Wildman–Crippen LogP) is 1.57. The zero-order chi connectivity index (χ0) is 13.2. The van der Waals surface area contributed by atoms with Gasteiger partial charge >= 0.3 is 12.1 Å². The molecule has 96 valence electrons. The third-order valence-corrected chi connectivity index (χ3v) is 2.61. The van der Waals surface area contributed by atoms with Gasteiger partial charge in [0.1, 0.15) is 6.04 Å². The standard InChI is InChI=1S/C10H12F3NO3/c1-6(10(11,12)13)5-8(15)14-4-2-3-7(14)9(16)17/h5,7H,2-4H2,1H3,(H,16,17). The van der Waals surface area contributed by atoms with E-state index in [0.717, 1.165) is 11.8 Å². The molecule has 0 radical (unpaired) electrons. The highest BCUT2D eigenvalue weighted by Crippen LogP contribution is 2.26. The van der Waals surface area contributed by atoms with Crippen molar-refractivity contribution >= 4 is 11.9 Å². The van der Waals surface area contributed by atoms with Crippen LogP contribution in [0.3, 0.4) is 0 Å². The topological polar surface area (TPSA) is 57.6 Å². The monoisotopic (exact) mass is 251 g/mol. The molecule has 17 heavy (non-hydrogen) atoms. The smallest absolute Gasteiger partial charge is 0.412 e. The van der Waals surface area contributed by atoms with Gasteiger partial charge in [-0.15, -0.1) is 0 Å². The molecule has 1 aliphatic heterocycles. The first-order valence-corrected chi connectivity index (χ1v) is 5.02. The van der Waals surface area contributed by atoms with Crippen molar-refractivity contribution < 1.29 is 27.9 Å². The molecule has 0 spiro atoms. The lowest BCUT2D eigenvalue weighted by Gasteiger charge is -2.20. The second kappa shape index (κ2) is 4.77. The van der Waals surface area contributed by atoms with E-state index in [9.17, 15) is 22.8 Å². The van der Waals surface area contributed by atoms with Crippen LogP contribution < -0.4 is 0 Å². The molecule has 4 nitrogen and oxygen atoms in total. The molecule has 1 heterocycles. The summed E-state index contributed by atoms with van der Waals surface area (Å²) in [6, 6.07) is -1.01. The number of carboxylic acids is 1. The van der Waals surface area contributed by atoms with Crippen LogP contribution in [0.2, 0.25) is 0 Å². The normalized spacial score (nSPS) is 21.8. The van der Waals surface area contributed by atoms with Gasteiger partial charge in [0, 0.05) is 18.2 Å². The Labute approximate surface area is 95.7 Å². The SMILES string of the molecule is CC(=CC(=O)N1CCCC1C(=O)O)C(F)(F)F. The van der Waals surface area contributed by atoms with Gasteiger partial charge in [-0.05, 0) is 19.8 Å². The van der Waals surface area contributed by atoms with Crippen molar-refractivity contribution in [1.82, 2.24) is 4.90 Å². The predicted molar refractivity (Wildman–Crippen MR) is 52.2 cm³/mol. The zero-order valence-corrected chi connectivity index (χ0v) is 9.12. The maximum atomic E-state index is 12.2. The summed E-state index contributed by atoms with van der Waals surface area (Å²) in [4.78, 5) is 23.2. The van der Waals surface area contributed by atoms with Crippen molar-refractivity contribution in [2.24, 2.45) is 0 Å². The quantitative estimate of drug-likeness (QED) is 0.758. The van der Waals surface area contributed by atoms with Crippen LogP contribution in [0.5, 0.6) is 0 Å². The average Bonchev–Trinajstić information content (AvgIpc) is 2.63. The molecule has 0 bridgehead atoms. The van der Waals surface area contributed by atoms with Crippen molar-refractivity contribution in [1.29, 1.82) is 0 Å². The third kappa shape index (κ3) is 3.21. The Hall–Kier alpha value is -1.53. The van der Waals surface area contributed by atoms with Crippen LogP contribution >= 0.6 is 0 Å². The molecule has 1 rings (SSSR count). The molecule has 0 aromatic heterocycles. The summed E-state index contributed by atoms with van der Waals surface area (Å²) < 4.78 is 36.6. The molecular formula is C10H12F3NO3. The van der Waals surface area contributed by atoms with E-state index in [-0.39, 0.29) is 13.0 Å². The minimum Gasteiger partial charge on any atom is -0.480 e. The molecule has 0 aliphatic carbocycles. The van der Waals surface area contributed by atoms with Crippen molar-refractivity contribution in [3.8, 4) is 0 Å². The fraction of sp³-hybridized carbons (Fsp3) is 0.600. The lowest BCUT2D eigenvalue weighted by molar-refractivity contribution is -0.146. The fourth-order valence-corrected chi connectivity index (χ4v) is 1.64. The first kappa shape index (κ1) is 13.5. The van der Waals surface area contributed by atoms with Gasteiger partial charge in [0.15, 0.2) is 0 Å². The molecule has 0 aromatic carbocycles. The van der Waals surface area contributed by atoms with Crippen LogP contribution in [-0.4, -0.2) is 40.6 Å². The van der Waals surface area contributed by atoms with Crippen molar-refractivity contribution in [2.45, 2.75) is 32.0 Å². The molecule has 1 unspecified atom stereocenters. The molecule has 1 saturated heterocycles. The van der Waals surface area contributed by atoms with Crippen LogP contribution in [-0.2, 0) is 9.59 Å². The minimum absolute atomic E-state index is 0.178. The first-order valence-electron chi connectivity index (χ1n) is 5.02. The zero-order valence-electron chi connectivity index (χ0n) is 9.12. The van der Waals surface area contributed by atoms with Crippen LogP contribution in [0.15, 0.2) is 11.6 Å². The summed E-state index contributed by atoms with van der Waals surface area (Å²) in [6.45, 7) is 0.960. The summed E-state index contributed by atoms with van der Waals surface area (Å²) in [6.07, 6.45) is -3.35. The van der Waals surface area contributed by atoms with E-state index in [0.29, 0.717) is 12.5 Å². The molecule has 1 N–H and O–H groups in total. The van der Waals surface area contributed by atoms with E-state index in [4.69, 9.17) is 5.11 Å². The number of carboxylic acid groups (broad SMARTS) is 1. The Morgan fingerprint density at radius 3 is 2.47 bits per heavy atom. The summed E-state index contributed by atoms with van der Waals surface area (Å²) in [7, 11) is 0. The van der Waals surface area contributed by atoms with Crippen molar-refractivity contribution in [3.63, 3.8) is 0 Å². The molecule has 0 aromatic rings. The lowest BCUT2D eigenvalue weighted by Crippen LogP contribution is -2.39. The number of rotatable bonds is 2. The number of likely N-dealkylation sites (tertiary alicyclic amines) is 1. The van der Waals surface area contributed by atoms with E-state index in [1.807, 2.05) is 0 Å². The van der Waals surface area contributed by atoms with Crippen LogP contribution in [0, 0.1) is 0 Å². The summed E-state index contributed by atoms with van der Waals surface area (Å²) in [5, 5.41) is 8.79. The number of amides is 1. The van der Waals surface area contributed by atoms with Gasteiger partial charge < -0.3 is 10.0 Å². The van der Waals surface area contributed by atoms with E-state index in [2.05, 4.69) is 0 Å². The fourth-order valence-electron chi connectivity index (χ4n) is 1.64. The number of nitrogens with zero attached hydrogens (tertiary/aromatic N) is 1. The highest BCUT2D eigenvalue weighted by atomic mass is 19.4. The largest absolute Gasteiger partial charge is 0.480 e. The number of alkyl halides is 3.